The quantitative estimate of drug-likeness (QED) is 0.0169. The fourth-order valence-electron chi connectivity index (χ4n) is 10.6. The number of aromatic nitrogens is 4. The van der Waals surface area contributed by atoms with Crippen LogP contribution < -0.4 is 32.3 Å². The minimum atomic E-state index is -1.95. The number of hydrogen-bond donors (Lipinski definition) is 13. The number of nitrogens with two attached hydrogens (primary N) is 2. The first kappa shape index (κ1) is 76.6. The summed E-state index contributed by atoms with van der Waals surface area (Å²) < 4.78 is 32.0. The van der Waals surface area contributed by atoms with E-state index in [0.29, 0.717) is 30.6 Å². The molecule has 2 fully saturated rings. The molecule has 0 radical (unpaired) electrons. The van der Waals surface area contributed by atoms with Crippen LogP contribution in [0.3, 0.4) is 0 Å². The van der Waals surface area contributed by atoms with E-state index < -0.39 is 148 Å². The van der Waals surface area contributed by atoms with E-state index in [0.717, 1.165) is 103 Å². The SMILES string of the molecule is CCCCCCCCCCCCC(OC(=O)CC[C@@H](NC(=O)c1ccc(N(C)Cc2cnc3nc(N)nc(N)c3n2)cc1)C(=O)OC(CCCCCCCCCCCC)C(=O)OC(=O)N[C@H]1O[C@@H](CO)[C@H](O)[C@@H](O)[C@@H]1O)C(=O)OC(=O)N[C@H]1O[C@@H](CO)[C@H](O)[C@@H](O)[C@@H]1O. The van der Waals surface area contributed by atoms with E-state index in [4.69, 9.17) is 39.9 Å². The van der Waals surface area contributed by atoms with Crippen LogP contribution in [-0.4, -0.2) is 203 Å². The van der Waals surface area contributed by atoms with Crippen molar-refractivity contribution in [2.45, 2.75) is 254 Å². The number of nitrogens with zero attached hydrogens (tertiary/aromatic N) is 5. The van der Waals surface area contributed by atoms with E-state index in [1.54, 1.807) is 24.1 Å². The van der Waals surface area contributed by atoms with Crippen molar-refractivity contribution in [1.29, 1.82) is 0 Å². The van der Waals surface area contributed by atoms with Gasteiger partial charge >= 0.3 is 36.1 Å². The van der Waals surface area contributed by atoms with E-state index in [9.17, 15) is 74.4 Å². The number of aliphatic hydroxyl groups is 8. The van der Waals surface area contributed by atoms with Crippen LogP contribution in [0.4, 0.5) is 27.0 Å². The van der Waals surface area contributed by atoms with Gasteiger partial charge in [-0.2, -0.15) is 9.97 Å². The number of esters is 4. The molecule has 13 atom stereocenters. The monoisotopic (exact) mass is 1320 g/mol. The zero-order chi connectivity index (χ0) is 68.0. The highest BCUT2D eigenvalue weighted by Crippen LogP contribution is 2.25. The van der Waals surface area contributed by atoms with Crippen LogP contribution in [0, 0.1) is 0 Å². The number of unbranched alkanes of at least 4 members (excludes halogenated alkanes) is 18. The van der Waals surface area contributed by atoms with Crippen LogP contribution in [0.2, 0.25) is 0 Å². The molecule has 2 aliphatic heterocycles. The number of benzene rings is 1. The normalized spacial score (nSPS) is 22.2. The average molecular weight is 1320 g/mol. The largest absolute Gasteiger partial charge is 0.450 e. The number of amides is 3. The van der Waals surface area contributed by atoms with E-state index in [-0.39, 0.29) is 54.3 Å². The molecule has 2 aliphatic rings. The van der Waals surface area contributed by atoms with E-state index >= 15 is 0 Å². The number of nitrogen functional groups attached to an aromatic ring is 2. The van der Waals surface area contributed by atoms with Gasteiger partial charge in [-0.1, -0.05) is 129 Å². The van der Waals surface area contributed by atoms with Crippen molar-refractivity contribution in [3.63, 3.8) is 0 Å². The summed E-state index contributed by atoms with van der Waals surface area (Å²) in [5.74, 6) is -6.08. The van der Waals surface area contributed by atoms with Crippen molar-refractivity contribution in [2.75, 3.05) is 36.6 Å². The molecule has 2 saturated heterocycles. The zero-order valence-corrected chi connectivity index (χ0v) is 53.3. The number of carbonyl (C=O) groups is 7. The van der Waals surface area contributed by atoms with Gasteiger partial charge in [0, 0.05) is 24.7 Å². The van der Waals surface area contributed by atoms with Crippen LogP contribution in [-0.2, 0) is 54.1 Å². The molecule has 0 spiro atoms. The van der Waals surface area contributed by atoms with E-state index in [2.05, 4.69) is 49.7 Å². The minimum absolute atomic E-state index is 0.00742. The third kappa shape index (κ3) is 25.0. The molecule has 0 aliphatic carbocycles. The minimum Gasteiger partial charge on any atom is -0.450 e. The smallest absolute Gasteiger partial charge is 0.417 e. The number of ether oxygens (including phenoxy) is 6. The molecule has 4 heterocycles. The first-order valence-electron chi connectivity index (χ1n) is 32.3. The predicted octanol–water partition coefficient (Wildman–Crippen LogP) is 2.65. The Morgan fingerprint density at radius 3 is 1.48 bits per heavy atom. The summed E-state index contributed by atoms with van der Waals surface area (Å²) in [6.07, 6.45) is -6.39. The van der Waals surface area contributed by atoms with Crippen LogP contribution in [0.15, 0.2) is 30.5 Å². The van der Waals surface area contributed by atoms with Crippen molar-refractivity contribution in [2.24, 2.45) is 0 Å². The van der Waals surface area contributed by atoms with Crippen molar-refractivity contribution in [3.05, 3.63) is 41.7 Å². The molecule has 93 heavy (non-hydrogen) atoms. The summed E-state index contributed by atoms with van der Waals surface area (Å²) in [4.78, 5) is 115. The second kappa shape index (κ2) is 40.2. The molecule has 31 nitrogen and oxygen atoms in total. The summed E-state index contributed by atoms with van der Waals surface area (Å²) in [5.41, 5.74) is 13.3. The summed E-state index contributed by atoms with van der Waals surface area (Å²) in [7, 11) is 1.74. The molecule has 31 heteroatoms. The summed E-state index contributed by atoms with van der Waals surface area (Å²) >= 11 is 0. The van der Waals surface area contributed by atoms with Gasteiger partial charge < -0.3 is 91.0 Å². The lowest BCUT2D eigenvalue weighted by Gasteiger charge is -2.39. The maximum absolute atomic E-state index is 14.5. The highest BCUT2D eigenvalue weighted by atomic mass is 16.6. The molecular weight excluding hydrogens is 1220 g/mol. The topological polar surface area (TPSA) is 480 Å². The lowest BCUT2D eigenvalue weighted by Crippen LogP contribution is -2.63. The summed E-state index contributed by atoms with van der Waals surface area (Å²) in [5, 5.41) is 87.9. The molecule has 2 aromatic heterocycles. The van der Waals surface area contributed by atoms with Gasteiger partial charge in [0.15, 0.2) is 41.6 Å². The number of anilines is 3. The summed E-state index contributed by atoms with van der Waals surface area (Å²) in [6.45, 7) is 2.81. The molecule has 1 aromatic carbocycles. The van der Waals surface area contributed by atoms with Gasteiger partial charge in [0.25, 0.3) is 5.91 Å². The van der Waals surface area contributed by atoms with Crippen LogP contribution in [0.1, 0.15) is 184 Å². The first-order valence-corrected chi connectivity index (χ1v) is 32.3. The number of aliphatic hydroxyl groups excluding tert-OH is 8. The molecule has 3 aromatic rings. The Kier molecular flexibility index (Phi) is 33.2. The number of alkyl carbamates (subject to hydrolysis) is 2. The molecule has 0 bridgehead atoms. The summed E-state index contributed by atoms with van der Waals surface area (Å²) in [6, 6.07) is 4.30. The molecule has 2 unspecified atom stereocenters. The fraction of sp³-hybridized carbons (Fsp3) is 0.694. The molecule has 520 valence electrons. The van der Waals surface area contributed by atoms with Crippen molar-refractivity contribution >= 4 is 70.6 Å². The molecular formula is C62H96N10O21. The second-order valence-electron chi connectivity index (χ2n) is 23.5. The standard InChI is InChI=1S/C62H96N10O21/c1-4-6-8-10-12-14-16-18-20-22-24-40(58(84)92-61(86)70-55-50(80)48(78)46(76)42(34-73)89-55)88-44(75)31-30-39(67-54(82)36-26-28-38(29-27-36)72(3)33-37-32-65-53-45(66-37)52(63)68-60(64)69-53)57(83)91-41(25-23-21-19-17-15-13-11-9-7-5-2)59(85)93-62(87)71-56-51(81)49(79)47(77)43(35-74)90-56/h26-29,32,39-43,46-51,55-56,73-74,76-81H,4-25,30-31,33-35H2,1-3H3,(H,67,82)(H,70,86)(H,71,87)(H4,63,64,65,68,69)/t39-,40?,41?,42+,43+,46+,47+,48-,49-,50+,51+,55+,56+/m1/s1. The van der Waals surface area contributed by atoms with Gasteiger partial charge in [-0.3, -0.25) is 20.2 Å². The molecule has 3 amide bonds. The third-order valence-electron chi connectivity index (χ3n) is 16.1. The van der Waals surface area contributed by atoms with Crippen LogP contribution in [0.25, 0.3) is 11.2 Å². The Labute approximate surface area is 540 Å². The van der Waals surface area contributed by atoms with Crippen molar-refractivity contribution < 1.29 is 103 Å². The van der Waals surface area contributed by atoms with Gasteiger partial charge in [-0.05, 0) is 56.4 Å². The molecule has 0 saturated carbocycles. The van der Waals surface area contributed by atoms with Crippen LogP contribution >= 0.6 is 0 Å². The Balaban J connectivity index is 1.36. The number of rotatable bonds is 39. The Morgan fingerprint density at radius 1 is 0.570 bits per heavy atom. The fourth-order valence-corrected chi connectivity index (χ4v) is 10.6. The first-order chi connectivity index (χ1) is 44.6. The highest BCUT2D eigenvalue weighted by Gasteiger charge is 2.46. The second-order valence-corrected chi connectivity index (χ2v) is 23.5. The van der Waals surface area contributed by atoms with Gasteiger partial charge in [0.05, 0.1) is 31.6 Å². The predicted molar refractivity (Wildman–Crippen MR) is 332 cm³/mol. The van der Waals surface area contributed by atoms with Crippen LogP contribution in [0.5, 0.6) is 0 Å². The maximum atomic E-state index is 14.5. The lowest BCUT2D eigenvalue weighted by molar-refractivity contribution is -0.234. The number of nitrogens with one attached hydrogen (secondary N) is 3. The zero-order valence-electron chi connectivity index (χ0n) is 53.3. The third-order valence-corrected chi connectivity index (χ3v) is 16.1. The average Bonchev–Trinajstić information content (AvgIpc) is 0.850. The van der Waals surface area contributed by atoms with Gasteiger partial charge in [0.1, 0.15) is 54.9 Å². The Morgan fingerprint density at radius 2 is 1.02 bits per heavy atom. The number of hydrogen-bond acceptors (Lipinski definition) is 28. The van der Waals surface area contributed by atoms with E-state index in [1.807, 2.05) is 0 Å². The van der Waals surface area contributed by atoms with Crippen molar-refractivity contribution in [1.82, 2.24) is 35.9 Å². The highest BCUT2D eigenvalue weighted by molar-refractivity contribution is 5.98. The number of fused-ring (bicyclic) bond motifs is 1. The lowest BCUT2D eigenvalue weighted by atomic mass is 9.98. The van der Waals surface area contributed by atoms with E-state index in [1.165, 1.54) is 18.3 Å². The molecule has 15 N–H and O–H groups in total. The maximum Gasteiger partial charge on any atom is 0.417 e. The number of carbonyl (C=O) groups excluding carboxylic acids is 7. The Hall–Kier alpha value is -7.07. The Bertz CT molecular complexity index is 2820. The van der Waals surface area contributed by atoms with Gasteiger partial charge in [0.2, 0.25) is 5.95 Å². The molecule has 5 rings (SSSR count). The van der Waals surface area contributed by atoms with Gasteiger partial charge in [-0.25, -0.2) is 33.9 Å². The van der Waals surface area contributed by atoms with Crippen molar-refractivity contribution in [3.8, 4) is 0 Å². The van der Waals surface area contributed by atoms with Gasteiger partial charge in [-0.15, -0.1) is 0 Å².